The monoisotopic (exact) mass is 216 g/mol. The van der Waals surface area contributed by atoms with Gasteiger partial charge in [0.15, 0.2) is 0 Å². The Hall–Kier alpha value is -0.220. The van der Waals surface area contributed by atoms with Gasteiger partial charge in [-0.1, -0.05) is 0 Å². The van der Waals surface area contributed by atoms with Crippen molar-refractivity contribution in [3.8, 4) is 0 Å². The molecule has 0 radical (unpaired) electrons. The lowest BCUT2D eigenvalue weighted by Crippen LogP contribution is -2.30. The van der Waals surface area contributed by atoms with Crippen LogP contribution in [0.1, 0.15) is 12.8 Å². The molecule has 3 nitrogen and oxygen atoms in total. The first-order valence-corrected chi connectivity index (χ1v) is 5.80. The summed E-state index contributed by atoms with van der Waals surface area (Å²) in [5.41, 5.74) is 0. The van der Waals surface area contributed by atoms with Gasteiger partial charge in [-0.3, -0.25) is 4.79 Å². The molecular formula is C10H20N2OS. The smallest absolute Gasteiger partial charge is 0.232 e. The highest BCUT2D eigenvalue weighted by Gasteiger charge is 2.19. The average Bonchev–Trinajstić information content (AvgIpc) is 2.59. The third-order valence-corrected chi connectivity index (χ3v) is 3.19. The fourth-order valence-corrected chi connectivity index (χ4v) is 2.12. The van der Waals surface area contributed by atoms with Crippen LogP contribution in [0.25, 0.3) is 0 Å². The first kappa shape index (κ1) is 11.9. The van der Waals surface area contributed by atoms with Crippen molar-refractivity contribution in [2.75, 3.05) is 39.5 Å². The number of rotatable bonds is 4. The molecule has 1 amide bonds. The molecule has 0 aromatic heterocycles. The Balaban J connectivity index is 2.17. The molecule has 1 aliphatic heterocycles. The van der Waals surface area contributed by atoms with Gasteiger partial charge in [0.25, 0.3) is 0 Å². The summed E-state index contributed by atoms with van der Waals surface area (Å²) in [6.45, 7) is 3.26. The quantitative estimate of drug-likeness (QED) is 0.700. The van der Waals surface area contributed by atoms with Gasteiger partial charge in [0.1, 0.15) is 0 Å². The highest BCUT2D eigenvalue weighted by atomic mass is 32.1. The second-order valence-corrected chi connectivity index (χ2v) is 4.50. The van der Waals surface area contributed by atoms with Crippen LogP contribution in [0.3, 0.4) is 0 Å². The van der Waals surface area contributed by atoms with Crippen LogP contribution < -0.4 is 0 Å². The van der Waals surface area contributed by atoms with Crippen molar-refractivity contribution in [2.45, 2.75) is 12.8 Å². The zero-order valence-electron chi connectivity index (χ0n) is 9.07. The molecule has 1 rings (SSSR count). The Morgan fingerprint density at radius 1 is 1.64 bits per heavy atom. The minimum absolute atomic E-state index is 0.125. The molecule has 0 aliphatic carbocycles. The molecule has 0 N–H and O–H groups in total. The Bertz CT molecular complexity index is 199. The lowest BCUT2D eigenvalue weighted by molar-refractivity contribution is -0.127. The van der Waals surface area contributed by atoms with Gasteiger partial charge >= 0.3 is 0 Å². The number of thiol groups is 1. The van der Waals surface area contributed by atoms with E-state index in [1.807, 2.05) is 7.05 Å². The van der Waals surface area contributed by atoms with Gasteiger partial charge in [-0.25, -0.2) is 0 Å². The molecule has 1 fully saturated rings. The number of amides is 1. The van der Waals surface area contributed by atoms with Crippen molar-refractivity contribution in [2.24, 2.45) is 5.92 Å². The fourth-order valence-electron chi connectivity index (χ4n) is 1.88. The Labute approximate surface area is 91.9 Å². The molecule has 1 atom stereocenters. The van der Waals surface area contributed by atoms with E-state index in [1.165, 1.54) is 19.5 Å². The minimum Gasteiger partial charge on any atom is -0.345 e. The Kier molecular flexibility index (Phi) is 4.75. The second kappa shape index (κ2) is 5.61. The van der Waals surface area contributed by atoms with E-state index in [-0.39, 0.29) is 5.91 Å². The largest absolute Gasteiger partial charge is 0.345 e. The van der Waals surface area contributed by atoms with Gasteiger partial charge in [-0.15, -0.1) is 0 Å². The van der Waals surface area contributed by atoms with E-state index in [0.29, 0.717) is 5.75 Å². The molecular weight excluding hydrogens is 196 g/mol. The zero-order valence-corrected chi connectivity index (χ0v) is 9.96. The fraction of sp³-hybridized carbons (Fsp3) is 0.900. The zero-order chi connectivity index (χ0) is 10.6. The predicted molar refractivity (Wildman–Crippen MR) is 61.7 cm³/mol. The first-order chi connectivity index (χ1) is 6.63. The van der Waals surface area contributed by atoms with Crippen molar-refractivity contribution >= 4 is 18.5 Å². The number of nitrogens with zero attached hydrogens (tertiary/aromatic N) is 2. The van der Waals surface area contributed by atoms with Gasteiger partial charge < -0.3 is 9.80 Å². The van der Waals surface area contributed by atoms with Gasteiger partial charge in [0.05, 0.1) is 5.75 Å². The average molecular weight is 216 g/mol. The van der Waals surface area contributed by atoms with E-state index in [4.69, 9.17) is 0 Å². The van der Waals surface area contributed by atoms with Crippen LogP contribution in [0.4, 0.5) is 0 Å². The van der Waals surface area contributed by atoms with E-state index in [1.54, 1.807) is 4.90 Å². The molecule has 0 aromatic rings. The Morgan fingerprint density at radius 3 is 2.86 bits per heavy atom. The molecule has 0 aromatic carbocycles. The van der Waals surface area contributed by atoms with Crippen LogP contribution in [0.2, 0.25) is 0 Å². The summed E-state index contributed by atoms with van der Waals surface area (Å²) in [5.74, 6) is 1.22. The summed E-state index contributed by atoms with van der Waals surface area (Å²) < 4.78 is 0. The lowest BCUT2D eigenvalue weighted by atomic mass is 10.1. The number of hydrogen-bond donors (Lipinski definition) is 1. The molecule has 1 heterocycles. The second-order valence-electron chi connectivity index (χ2n) is 4.18. The minimum atomic E-state index is 0.125. The third-order valence-electron chi connectivity index (χ3n) is 2.92. The predicted octanol–water partition coefficient (Wildman–Crippen LogP) is 0.716. The van der Waals surface area contributed by atoms with Gasteiger partial charge in [0, 0.05) is 20.1 Å². The van der Waals surface area contributed by atoms with Crippen LogP contribution in [-0.2, 0) is 4.79 Å². The van der Waals surface area contributed by atoms with Gasteiger partial charge in [-0.05, 0) is 32.4 Å². The number of hydrogen-bond acceptors (Lipinski definition) is 3. The van der Waals surface area contributed by atoms with E-state index < -0.39 is 0 Å². The summed E-state index contributed by atoms with van der Waals surface area (Å²) in [7, 11) is 4.01. The summed E-state index contributed by atoms with van der Waals surface area (Å²) in [6.07, 6.45) is 2.40. The van der Waals surface area contributed by atoms with E-state index >= 15 is 0 Å². The molecule has 1 aliphatic rings. The van der Waals surface area contributed by atoms with E-state index in [2.05, 4.69) is 24.6 Å². The molecule has 0 bridgehead atoms. The number of likely N-dealkylation sites (tertiary alicyclic amines) is 1. The maximum atomic E-state index is 11.2. The Morgan fingerprint density at radius 2 is 2.36 bits per heavy atom. The molecule has 0 saturated carbocycles. The van der Waals surface area contributed by atoms with Crippen LogP contribution in [-0.4, -0.2) is 55.2 Å². The molecule has 1 unspecified atom stereocenters. The van der Waals surface area contributed by atoms with E-state index in [0.717, 1.165) is 18.9 Å². The van der Waals surface area contributed by atoms with Crippen LogP contribution in [0.5, 0.6) is 0 Å². The highest BCUT2D eigenvalue weighted by Crippen LogP contribution is 2.17. The lowest BCUT2D eigenvalue weighted by Gasteiger charge is -2.18. The molecule has 14 heavy (non-hydrogen) atoms. The molecule has 4 heteroatoms. The van der Waals surface area contributed by atoms with Crippen molar-refractivity contribution in [1.29, 1.82) is 0 Å². The summed E-state index contributed by atoms with van der Waals surface area (Å²) in [4.78, 5) is 15.4. The third kappa shape index (κ3) is 3.50. The highest BCUT2D eigenvalue weighted by molar-refractivity contribution is 7.81. The maximum absolute atomic E-state index is 11.2. The van der Waals surface area contributed by atoms with Crippen molar-refractivity contribution in [3.63, 3.8) is 0 Å². The topological polar surface area (TPSA) is 23.6 Å². The van der Waals surface area contributed by atoms with Crippen LogP contribution >= 0.6 is 12.6 Å². The van der Waals surface area contributed by atoms with Gasteiger partial charge in [-0.2, -0.15) is 12.6 Å². The number of carbonyl (C=O) groups excluding carboxylic acids is 1. The van der Waals surface area contributed by atoms with E-state index in [9.17, 15) is 4.79 Å². The summed E-state index contributed by atoms with van der Waals surface area (Å²) in [5, 5.41) is 0. The van der Waals surface area contributed by atoms with Crippen molar-refractivity contribution in [1.82, 2.24) is 9.80 Å². The summed E-state index contributed by atoms with van der Waals surface area (Å²) in [6, 6.07) is 0. The normalized spacial score (nSPS) is 22.6. The van der Waals surface area contributed by atoms with Crippen molar-refractivity contribution in [3.05, 3.63) is 0 Å². The maximum Gasteiger partial charge on any atom is 0.232 e. The van der Waals surface area contributed by atoms with Crippen LogP contribution in [0, 0.1) is 5.92 Å². The standard InChI is InChI=1S/C10H20N2OS/c1-11-5-3-9(7-11)4-6-12(2)10(13)8-14/h9,14H,3-8H2,1-2H3. The van der Waals surface area contributed by atoms with Crippen molar-refractivity contribution < 1.29 is 4.79 Å². The summed E-state index contributed by atoms with van der Waals surface area (Å²) >= 11 is 3.97. The number of carbonyl (C=O) groups is 1. The molecule has 1 saturated heterocycles. The molecule has 82 valence electrons. The van der Waals surface area contributed by atoms with Gasteiger partial charge in [0.2, 0.25) is 5.91 Å². The first-order valence-electron chi connectivity index (χ1n) is 5.17. The molecule has 0 spiro atoms. The SMILES string of the molecule is CN1CCC(CCN(C)C(=O)CS)C1. The van der Waals surface area contributed by atoms with Crippen LogP contribution in [0.15, 0.2) is 0 Å².